The van der Waals surface area contributed by atoms with E-state index in [1.165, 1.54) is 25.7 Å². The molecule has 92 valence electrons. The number of carbonyl (C=O) groups is 1. The summed E-state index contributed by atoms with van der Waals surface area (Å²) in [5.41, 5.74) is 0. The molecular weight excluding hydrogens is 202 g/mol. The third-order valence-corrected chi connectivity index (χ3v) is 3.64. The van der Waals surface area contributed by atoms with Gasteiger partial charge in [-0.25, -0.2) is 0 Å². The first-order valence-electron chi connectivity index (χ1n) is 6.71. The Kier molecular flexibility index (Phi) is 4.79. The Morgan fingerprint density at radius 3 is 2.94 bits per heavy atom. The molecule has 16 heavy (non-hydrogen) atoms. The summed E-state index contributed by atoms with van der Waals surface area (Å²) in [6.45, 7) is 2.01. The van der Waals surface area contributed by atoms with E-state index < -0.39 is 0 Å². The standard InChI is InChI=1S/C13H23NO2/c15-12(10-11-4-2-8-14-11)5-1-6-13-7-3-9-16-13/h11,13-14H,1-10H2. The normalized spacial score (nSPS) is 29.8. The van der Waals surface area contributed by atoms with Crippen LogP contribution in [0.3, 0.4) is 0 Å². The molecule has 0 aromatic carbocycles. The van der Waals surface area contributed by atoms with Crippen molar-refractivity contribution < 1.29 is 9.53 Å². The SMILES string of the molecule is O=C(CCCC1CCCO1)CC1CCCN1. The van der Waals surface area contributed by atoms with Crippen LogP contribution in [0.5, 0.6) is 0 Å². The summed E-state index contributed by atoms with van der Waals surface area (Å²) in [5, 5.41) is 3.37. The Labute approximate surface area is 97.9 Å². The van der Waals surface area contributed by atoms with Crippen molar-refractivity contribution in [2.75, 3.05) is 13.2 Å². The molecule has 3 heteroatoms. The van der Waals surface area contributed by atoms with Gasteiger partial charge in [0.25, 0.3) is 0 Å². The summed E-state index contributed by atoms with van der Waals surface area (Å²) in [7, 11) is 0. The molecule has 0 bridgehead atoms. The summed E-state index contributed by atoms with van der Waals surface area (Å²) in [4.78, 5) is 11.7. The third kappa shape index (κ3) is 3.87. The molecule has 1 N–H and O–H groups in total. The molecule has 0 aliphatic carbocycles. The van der Waals surface area contributed by atoms with E-state index in [2.05, 4.69) is 5.32 Å². The average molecular weight is 225 g/mol. The maximum atomic E-state index is 11.7. The maximum absolute atomic E-state index is 11.7. The van der Waals surface area contributed by atoms with Crippen LogP contribution in [-0.2, 0) is 9.53 Å². The minimum Gasteiger partial charge on any atom is -0.378 e. The highest BCUT2D eigenvalue weighted by Crippen LogP contribution is 2.18. The largest absolute Gasteiger partial charge is 0.378 e. The molecule has 2 unspecified atom stereocenters. The number of ether oxygens (including phenoxy) is 1. The Morgan fingerprint density at radius 1 is 1.31 bits per heavy atom. The zero-order valence-electron chi connectivity index (χ0n) is 10.0. The van der Waals surface area contributed by atoms with Crippen molar-refractivity contribution in [2.45, 2.75) is 63.5 Å². The van der Waals surface area contributed by atoms with Gasteiger partial charge in [-0.15, -0.1) is 0 Å². The van der Waals surface area contributed by atoms with E-state index in [1.54, 1.807) is 0 Å². The van der Waals surface area contributed by atoms with Crippen molar-refractivity contribution in [3.05, 3.63) is 0 Å². The van der Waals surface area contributed by atoms with E-state index in [1.807, 2.05) is 0 Å². The zero-order valence-corrected chi connectivity index (χ0v) is 10.0. The first kappa shape index (κ1) is 12.1. The lowest BCUT2D eigenvalue weighted by atomic mass is 10.0. The molecule has 0 aromatic heterocycles. The van der Waals surface area contributed by atoms with Gasteiger partial charge in [0.1, 0.15) is 5.78 Å². The molecule has 2 atom stereocenters. The third-order valence-electron chi connectivity index (χ3n) is 3.64. The van der Waals surface area contributed by atoms with Crippen LogP contribution < -0.4 is 5.32 Å². The number of Topliss-reactive ketones (excluding diaryl/α,β-unsaturated/α-hetero) is 1. The fourth-order valence-corrected chi connectivity index (χ4v) is 2.71. The molecule has 0 amide bonds. The van der Waals surface area contributed by atoms with Gasteiger partial charge in [-0.1, -0.05) is 0 Å². The maximum Gasteiger partial charge on any atom is 0.134 e. The molecule has 2 saturated heterocycles. The number of ketones is 1. The average Bonchev–Trinajstić information content (AvgIpc) is 2.90. The van der Waals surface area contributed by atoms with E-state index in [4.69, 9.17) is 4.74 Å². The van der Waals surface area contributed by atoms with E-state index in [0.29, 0.717) is 17.9 Å². The van der Waals surface area contributed by atoms with E-state index in [0.717, 1.165) is 38.8 Å². The summed E-state index contributed by atoms with van der Waals surface area (Å²) < 4.78 is 5.54. The van der Waals surface area contributed by atoms with Gasteiger partial charge in [0, 0.05) is 25.5 Å². The lowest BCUT2D eigenvalue weighted by molar-refractivity contribution is -0.119. The molecule has 3 nitrogen and oxygen atoms in total. The summed E-state index contributed by atoms with van der Waals surface area (Å²) in [6.07, 6.45) is 8.81. The van der Waals surface area contributed by atoms with Gasteiger partial charge >= 0.3 is 0 Å². The smallest absolute Gasteiger partial charge is 0.134 e. The summed E-state index contributed by atoms with van der Waals surface area (Å²) in [6, 6.07) is 0.468. The lowest BCUT2D eigenvalue weighted by Crippen LogP contribution is -2.24. The monoisotopic (exact) mass is 225 g/mol. The summed E-state index contributed by atoms with van der Waals surface area (Å²) >= 11 is 0. The van der Waals surface area contributed by atoms with Gasteiger partial charge in [0.05, 0.1) is 6.10 Å². The highest BCUT2D eigenvalue weighted by molar-refractivity contribution is 5.78. The second-order valence-corrected chi connectivity index (χ2v) is 5.06. The number of hydrogen-bond donors (Lipinski definition) is 1. The van der Waals surface area contributed by atoms with Gasteiger partial charge in [-0.3, -0.25) is 4.79 Å². The Hall–Kier alpha value is -0.410. The highest BCUT2D eigenvalue weighted by atomic mass is 16.5. The number of hydrogen-bond acceptors (Lipinski definition) is 3. The molecule has 0 aromatic rings. The van der Waals surface area contributed by atoms with E-state index in [9.17, 15) is 4.79 Å². The highest BCUT2D eigenvalue weighted by Gasteiger charge is 2.18. The Bertz CT molecular complexity index is 218. The predicted molar refractivity (Wildman–Crippen MR) is 63.5 cm³/mol. The van der Waals surface area contributed by atoms with Gasteiger partial charge in [-0.05, 0) is 45.1 Å². The second-order valence-electron chi connectivity index (χ2n) is 5.06. The minimum absolute atomic E-state index is 0.428. The quantitative estimate of drug-likeness (QED) is 0.752. The van der Waals surface area contributed by atoms with Crippen LogP contribution in [0.2, 0.25) is 0 Å². The van der Waals surface area contributed by atoms with Crippen molar-refractivity contribution in [1.82, 2.24) is 5.32 Å². The lowest BCUT2D eigenvalue weighted by Gasteiger charge is -2.10. The second kappa shape index (κ2) is 6.36. The van der Waals surface area contributed by atoms with Crippen LogP contribution in [0.1, 0.15) is 51.4 Å². The molecular formula is C13H23NO2. The molecule has 2 rings (SSSR count). The van der Waals surface area contributed by atoms with Gasteiger partial charge < -0.3 is 10.1 Å². The topological polar surface area (TPSA) is 38.3 Å². The van der Waals surface area contributed by atoms with Crippen molar-refractivity contribution in [1.29, 1.82) is 0 Å². The van der Waals surface area contributed by atoms with Crippen molar-refractivity contribution in [2.24, 2.45) is 0 Å². The molecule has 2 aliphatic rings. The van der Waals surface area contributed by atoms with Crippen LogP contribution in [-0.4, -0.2) is 31.1 Å². The first-order chi connectivity index (χ1) is 7.84. The minimum atomic E-state index is 0.428. The molecule has 0 saturated carbocycles. The molecule has 2 fully saturated rings. The fraction of sp³-hybridized carbons (Fsp3) is 0.923. The Morgan fingerprint density at radius 2 is 2.25 bits per heavy atom. The molecule has 2 heterocycles. The van der Waals surface area contributed by atoms with Crippen molar-refractivity contribution in [3.63, 3.8) is 0 Å². The van der Waals surface area contributed by atoms with Crippen LogP contribution in [0.4, 0.5) is 0 Å². The number of carbonyl (C=O) groups excluding carboxylic acids is 1. The first-order valence-corrected chi connectivity index (χ1v) is 6.71. The van der Waals surface area contributed by atoms with Crippen LogP contribution in [0, 0.1) is 0 Å². The van der Waals surface area contributed by atoms with E-state index >= 15 is 0 Å². The molecule has 0 spiro atoms. The van der Waals surface area contributed by atoms with Gasteiger partial charge in [-0.2, -0.15) is 0 Å². The van der Waals surface area contributed by atoms with Crippen LogP contribution in [0.25, 0.3) is 0 Å². The van der Waals surface area contributed by atoms with Crippen LogP contribution >= 0.6 is 0 Å². The predicted octanol–water partition coefficient (Wildman–Crippen LogP) is 2.05. The van der Waals surface area contributed by atoms with E-state index in [-0.39, 0.29) is 0 Å². The zero-order chi connectivity index (χ0) is 11.2. The number of nitrogens with one attached hydrogen (secondary N) is 1. The number of rotatable bonds is 6. The van der Waals surface area contributed by atoms with Crippen LogP contribution in [0.15, 0.2) is 0 Å². The molecule has 2 aliphatic heterocycles. The summed E-state index contributed by atoms with van der Waals surface area (Å²) in [5.74, 6) is 0.428. The van der Waals surface area contributed by atoms with Gasteiger partial charge in [0.15, 0.2) is 0 Å². The van der Waals surface area contributed by atoms with Gasteiger partial charge in [0.2, 0.25) is 0 Å². The van der Waals surface area contributed by atoms with Crippen molar-refractivity contribution in [3.8, 4) is 0 Å². The fourth-order valence-electron chi connectivity index (χ4n) is 2.71. The van der Waals surface area contributed by atoms with Crippen molar-refractivity contribution >= 4 is 5.78 Å². The Balaban J connectivity index is 1.52. The molecule has 0 radical (unpaired) electrons.